The van der Waals surface area contributed by atoms with Gasteiger partial charge >= 0.3 is 0 Å². The summed E-state index contributed by atoms with van der Waals surface area (Å²) in [7, 11) is 0. The van der Waals surface area contributed by atoms with Gasteiger partial charge in [-0.2, -0.15) is 0 Å². The summed E-state index contributed by atoms with van der Waals surface area (Å²) in [5.41, 5.74) is 2.59. The van der Waals surface area contributed by atoms with Crippen LogP contribution in [-0.4, -0.2) is 26.7 Å². The molecule has 4 rings (SSSR count). The number of fused-ring (bicyclic) bond motifs is 1. The third-order valence-electron chi connectivity index (χ3n) is 4.07. The highest BCUT2D eigenvalue weighted by Crippen LogP contribution is 2.30. The van der Waals surface area contributed by atoms with Gasteiger partial charge < -0.3 is 5.11 Å². The summed E-state index contributed by atoms with van der Waals surface area (Å²) in [5.74, 6) is -0.288. The van der Waals surface area contributed by atoms with Crippen LogP contribution in [0.3, 0.4) is 0 Å². The van der Waals surface area contributed by atoms with Crippen molar-refractivity contribution >= 4 is 46.6 Å². The van der Waals surface area contributed by atoms with Gasteiger partial charge in [0.15, 0.2) is 16.1 Å². The molecule has 26 heavy (non-hydrogen) atoms. The van der Waals surface area contributed by atoms with Crippen molar-refractivity contribution in [1.29, 1.82) is 0 Å². The number of aliphatic hydroxyl groups is 1. The maximum Gasteiger partial charge on any atom is 0.199 e. The third-order valence-corrected chi connectivity index (χ3v) is 4.80. The van der Waals surface area contributed by atoms with Crippen molar-refractivity contribution in [3.63, 3.8) is 0 Å². The lowest BCUT2D eigenvalue weighted by Gasteiger charge is -2.04. The fourth-order valence-electron chi connectivity index (χ4n) is 2.74. The second-order valence-electron chi connectivity index (χ2n) is 5.61. The number of allylic oxidation sites excluding steroid dienone is 1. The number of halogens is 2. The van der Waals surface area contributed by atoms with Crippen LogP contribution in [0.15, 0.2) is 65.4 Å². The molecule has 0 amide bonds. The van der Waals surface area contributed by atoms with Crippen LogP contribution >= 0.6 is 23.2 Å². The smallest absolute Gasteiger partial charge is 0.199 e. The van der Waals surface area contributed by atoms with Gasteiger partial charge in [0.25, 0.3) is 0 Å². The number of aliphatic imine (C=N–C) groups is 1. The van der Waals surface area contributed by atoms with Crippen LogP contribution < -0.4 is 0 Å². The molecule has 1 N–H and O–H groups in total. The van der Waals surface area contributed by atoms with E-state index in [0.29, 0.717) is 22.0 Å². The highest BCUT2D eigenvalue weighted by Gasteiger charge is 2.27. The Morgan fingerprint density at radius 1 is 1.04 bits per heavy atom. The van der Waals surface area contributed by atoms with Gasteiger partial charge in [0.2, 0.25) is 0 Å². The largest absolute Gasteiger partial charge is 0.506 e. The zero-order valence-corrected chi connectivity index (χ0v) is 14.7. The van der Waals surface area contributed by atoms with E-state index < -0.39 is 0 Å². The lowest BCUT2D eigenvalue weighted by Crippen LogP contribution is -1.99. The average molecular weight is 384 g/mol. The number of imidazole rings is 1. The Morgan fingerprint density at radius 2 is 1.73 bits per heavy atom. The fourth-order valence-corrected chi connectivity index (χ4v) is 3.06. The first kappa shape index (κ1) is 16.6. The Morgan fingerprint density at radius 3 is 2.35 bits per heavy atom. The summed E-state index contributed by atoms with van der Waals surface area (Å²) < 4.78 is 1.64. The second kappa shape index (κ2) is 6.44. The van der Waals surface area contributed by atoms with Crippen LogP contribution in [0.2, 0.25) is 10.3 Å². The van der Waals surface area contributed by atoms with Gasteiger partial charge in [-0.15, -0.1) is 0 Å². The molecule has 128 valence electrons. The zero-order valence-electron chi connectivity index (χ0n) is 13.2. The van der Waals surface area contributed by atoms with Crippen LogP contribution in [0, 0.1) is 0 Å². The predicted octanol–water partition coefficient (Wildman–Crippen LogP) is 5.05. The van der Waals surface area contributed by atoms with Crippen molar-refractivity contribution in [1.82, 2.24) is 9.55 Å². The number of nitrogens with zero attached hydrogens (tertiary/aromatic N) is 3. The number of Topliss-reactive ketones (excluding diaryl/α,β-unsaturated/α-hetero) is 1. The Bertz CT molecular complexity index is 1080. The van der Waals surface area contributed by atoms with E-state index in [4.69, 9.17) is 23.2 Å². The molecule has 1 aliphatic rings. The van der Waals surface area contributed by atoms with Crippen molar-refractivity contribution < 1.29 is 9.90 Å². The van der Waals surface area contributed by atoms with Gasteiger partial charge in [-0.1, -0.05) is 47.5 Å². The molecule has 1 aliphatic carbocycles. The maximum absolute atomic E-state index is 12.4. The average Bonchev–Trinajstić information content (AvgIpc) is 3.12. The molecule has 0 unspecified atom stereocenters. The Kier molecular flexibility index (Phi) is 4.11. The molecule has 0 bridgehead atoms. The lowest BCUT2D eigenvalue weighted by molar-refractivity contribution is 0.104. The van der Waals surface area contributed by atoms with Crippen molar-refractivity contribution in [2.45, 2.75) is 0 Å². The minimum Gasteiger partial charge on any atom is -0.506 e. The minimum atomic E-state index is -0.238. The normalized spacial score (nSPS) is 13.7. The molecular formula is C19H11Cl2N3O2. The van der Waals surface area contributed by atoms with E-state index in [-0.39, 0.29) is 22.3 Å². The molecule has 1 aromatic heterocycles. The summed E-state index contributed by atoms with van der Waals surface area (Å²) in [6.07, 6.45) is 2.91. The Balaban J connectivity index is 1.60. The molecule has 0 atom stereocenters. The summed E-state index contributed by atoms with van der Waals surface area (Å²) in [4.78, 5) is 20.6. The van der Waals surface area contributed by atoms with Crippen molar-refractivity contribution in [2.75, 3.05) is 0 Å². The first-order chi connectivity index (χ1) is 12.6. The lowest BCUT2D eigenvalue weighted by atomic mass is 10.1. The number of ketones is 1. The predicted molar refractivity (Wildman–Crippen MR) is 102 cm³/mol. The number of hydrogen-bond donors (Lipinski definition) is 1. The van der Waals surface area contributed by atoms with Crippen molar-refractivity contribution in [3.05, 3.63) is 81.9 Å². The summed E-state index contributed by atoms with van der Waals surface area (Å²) in [6, 6.07) is 14.1. The van der Waals surface area contributed by atoms with Gasteiger partial charge in [0.1, 0.15) is 12.1 Å². The molecule has 0 radical (unpaired) electrons. The standard InChI is InChI=1S/C19H11Cl2N3O2/c20-18-19(21)24(10-23-18)12-7-5-11(6-8-12)22-9-15-16(25)13-3-1-2-4-14(13)17(15)26/h1-10,25H. The van der Waals surface area contributed by atoms with E-state index in [1.807, 2.05) is 0 Å². The molecule has 0 saturated heterocycles. The zero-order chi connectivity index (χ0) is 18.3. The maximum atomic E-state index is 12.4. The summed E-state index contributed by atoms with van der Waals surface area (Å²) in [6.45, 7) is 0. The number of hydrogen-bond acceptors (Lipinski definition) is 4. The molecule has 0 saturated carbocycles. The van der Waals surface area contributed by atoms with Gasteiger partial charge in [-0.25, -0.2) is 4.98 Å². The second-order valence-corrected chi connectivity index (χ2v) is 6.32. The van der Waals surface area contributed by atoms with E-state index in [0.717, 1.165) is 5.69 Å². The number of benzene rings is 2. The Labute approximate surface area is 158 Å². The first-order valence-corrected chi connectivity index (χ1v) is 8.42. The molecule has 3 aromatic rings. The van der Waals surface area contributed by atoms with E-state index in [1.54, 1.807) is 53.1 Å². The molecular weight excluding hydrogens is 373 g/mol. The van der Waals surface area contributed by atoms with Gasteiger partial charge in [-0.3, -0.25) is 14.4 Å². The monoisotopic (exact) mass is 383 g/mol. The molecule has 7 heteroatoms. The van der Waals surface area contributed by atoms with Crippen molar-refractivity contribution in [3.8, 4) is 5.69 Å². The SMILES string of the molecule is O=C1C(C=Nc2ccc(-n3cnc(Cl)c3Cl)cc2)=C(O)c2ccccc21. The van der Waals surface area contributed by atoms with Gasteiger partial charge in [0, 0.05) is 23.0 Å². The minimum absolute atomic E-state index is 0.0502. The molecule has 0 spiro atoms. The molecule has 2 aromatic carbocycles. The number of aliphatic hydroxyl groups excluding tert-OH is 1. The number of carbonyl (C=O) groups is 1. The first-order valence-electron chi connectivity index (χ1n) is 7.66. The van der Waals surface area contributed by atoms with Crippen LogP contribution in [0.1, 0.15) is 15.9 Å². The molecule has 1 heterocycles. The summed E-state index contributed by atoms with van der Waals surface area (Å²) >= 11 is 11.9. The van der Waals surface area contributed by atoms with Crippen molar-refractivity contribution in [2.24, 2.45) is 4.99 Å². The number of rotatable bonds is 3. The van der Waals surface area contributed by atoms with Gasteiger partial charge in [0.05, 0.1) is 11.3 Å². The van der Waals surface area contributed by atoms with E-state index in [9.17, 15) is 9.90 Å². The molecule has 0 aliphatic heterocycles. The van der Waals surface area contributed by atoms with E-state index in [1.165, 1.54) is 12.5 Å². The summed E-state index contributed by atoms with van der Waals surface area (Å²) in [5, 5.41) is 10.8. The number of aromatic nitrogens is 2. The third kappa shape index (κ3) is 2.71. The number of carbonyl (C=O) groups excluding carboxylic acids is 1. The quantitative estimate of drug-likeness (QED) is 0.643. The van der Waals surface area contributed by atoms with Crippen LogP contribution in [-0.2, 0) is 0 Å². The fraction of sp³-hybridized carbons (Fsp3) is 0. The highest BCUT2D eigenvalue weighted by atomic mass is 35.5. The molecule has 0 fully saturated rings. The van der Waals surface area contributed by atoms with Crippen LogP contribution in [0.5, 0.6) is 0 Å². The van der Waals surface area contributed by atoms with Crippen LogP contribution in [0.25, 0.3) is 11.4 Å². The van der Waals surface area contributed by atoms with E-state index >= 15 is 0 Å². The van der Waals surface area contributed by atoms with Crippen LogP contribution in [0.4, 0.5) is 5.69 Å². The van der Waals surface area contributed by atoms with E-state index in [2.05, 4.69) is 9.98 Å². The molecule has 5 nitrogen and oxygen atoms in total. The highest BCUT2D eigenvalue weighted by molar-refractivity contribution is 6.40. The van der Waals surface area contributed by atoms with Gasteiger partial charge in [-0.05, 0) is 24.3 Å². The topological polar surface area (TPSA) is 67.5 Å². The Hall–Kier alpha value is -2.89.